The van der Waals surface area contributed by atoms with Crippen LogP contribution in [0.4, 0.5) is 4.39 Å². The van der Waals surface area contributed by atoms with Crippen molar-refractivity contribution in [2.75, 3.05) is 0 Å². The minimum Gasteiger partial charge on any atom is -0.375 e. The molecule has 0 spiro atoms. The van der Waals surface area contributed by atoms with E-state index < -0.39 is 21.7 Å². The van der Waals surface area contributed by atoms with Crippen molar-refractivity contribution < 1.29 is 22.3 Å². The summed E-state index contributed by atoms with van der Waals surface area (Å²) in [6.45, 7) is 1.97. The molecule has 1 aromatic heterocycles. The van der Waals surface area contributed by atoms with Crippen LogP contribution in [-0.4, -0.2) is 31.5 Å². The van der Waals surface area contributed by atoms with Crippen LogP contribution in [0.1, 0.15) is 32.6 Å². The fourth-order valence-corrected chi connectivity index (χ4v) is 4.21. The van der Waals surface area contributed by atoms with Gasteiger partial charge in [-0.15, -0.1) is 0 Å². The fourth-order valence-electron chi connectivity index (χ4n) is 2.99. The highest BCUT2D eigenvalue weighted by Crippen LogP contribution is 2.25. The summed E-state index contributed by atoms with van der Waals surface area (Å²) in [4.78, 5) is 15.7. The molecule has 0 saturated carbocycles. The lowest BCUT2D eigenvalue weighted by Crippen LogP contribution is -2.31. The largest absolute Gasteiger partial charge is 0.375 e. The van der Waals surface area contributed by atoms with Crippen molar-refractivity contribution in [1.82, 2.24) is 9.71 Å². The molecule has 0 unspecified atom stereocenters. The molecule has 1 fully saturated rings. The number of nitrogens with one attached hydrogen (secondary N) is 1. The average Bonchev–Trinajstić information content (AvgIpc) is 2.98. The van der Waals surface area contributed by atoms with Crippen LogP contribution in [-0.2, 0) is 19.6 Å². The minimum atomic E-state index is -4.11. The molecule has 2 atom stereocenters. The van der Waals surface area contributed by atoms with E-state index in [0.717, 1.165) is 25.0 Å². The zero-order valence-corrected chi connectivity index (χ0v) is 14.6. The SMILES string of the molecule is C[C@H]1CC[C@@H](CCC(=O)NS(=O)(=O)c2ccc(F)c3ncccc23)O1. The van der Waals surface area contributed by atoms with Gasteiger partial charge >= 0.3 is 0 Å². The summed E-state index contributed by atoms with van der Waals surface area (Å²) in [6.07, 6.45) is 3.87. The molecule has 1 N–H and O–H groups in total. The number of benzene rings is 1. The van der Waals surface area contributed by atoms with Crippen LogP contribution in [0, 0.1) is 5.82 Å². The summed E-state index contributed by atoms with van der Waals surface area (Å²) in [5.74, 6) is -1.22. The van der Waals surface area contributed by atoms with Crippen LogP contribution in [0.5, 0.6) is 0 Å². The molecule has 6 nitrogen and oxygen atoms in total. The van der Waals surface area contributed by atoms with Crippen LogP contribution in [0.2, 0.25) is 0 Å². The van der Waals surface area contributed by atoms with Crippen LogP contribution < -0.4 is 4.72 Å². The maximum absolute atomic E-state index is 13.8. The van der Waals surface area contributed by atoms with E-state index >= 15 is 0 Å². The molecule has 8 heteroatoms. The maximum Gasteiger partial charge on any atom is 0.264 e. The Morgan fingerprint density at radius 2 is 2.16 bits per heavy atom. The van der Waals surface area contributed by atoms with E-state index in [2.05, 4.69) is 4.98 Å². The van der Waals surface area contributed by atoms with Crippen LogP contribution in [0.3, 0.4) is 0 Å². The number of halogens is 1. The van der Waals surface area contributed by atoms with Gasteiger partial charge in [0.25, 0.3) is 10.0 Å². The molecule has 1 aliphatic heterocycles. The Morgan fingerprint density at radius 1 is 1.36 bits per heavy atom. The lowest BCUT2D eigenvalue weighted by Gasteiger charge is -2.12. The van der Waals surface area contributed by atoms with Crippen molar-refractivity contribution in [2.45, 2.75) is 49.7 Å². The number of fused-ring (bicyclic) bond motifs is 1. The lowest BCUT2D eigenvalue weighted by molar-refractivity contribution is -0.120. The number of nitrogens with zero attached hydrogens (tertiary/aromatic N) is 1. The van der Waals surface area contributed by atoms with Crippen molar-refractivity contribution >= 4 is 26.8 Å². The Labute approximate surface area is 145 Å². The molecule has 2 aromatic rings. The minimum absolute atomic E-state index is 0.0145. The van der Waals surface area contributed by atoms with Gasteiger partial charge < -0.3 is 4.74 Å². The number of carbonyl (C=O) groups excluding carboxylic acids is 1. The van der Waals surface area contributed by atoms with E-state index in [-0.39, 0.29) is 34.4 Å². The standard InChI is InChI=1S/C17H19FN2O4S/c1-11-4-5-12(24-11)6-9-16(21)20-25(22,23)15-8-7-14(18)17-13(15)3-2-10-19-17/h2-3,7-8,10-12H,4-6,9H2,1H3,(H,20,21)/t11-,12-/m0/s1. The number of pyridine rings is 1. The first-order chi connectivity index (χ1) is 11.9. The Morgan fingerprint density at radius 3 is 2.88 bits per heavy atom. The van der Waals surface area contributed by atoms with Gasteiger partial charge in [-0.3, -0.25) is 9.78 Å². The van der Waals surface area contributed by atoms with Crippen molar-refractivity contribution in [1.29, 1.82) is 0 Å². The van der Waals surface area contributed by atoms with Crippen LogP contribution in [0.25, 0.3) is 10.9 Å². The number of rotatable bonds is 5. The highest BCUT2D eigenvalue weighted by molar-refractivity contribution is 7.90. The van der Waals surface area contributed by atoms with E-state index in [9.17, 15) is 17.6 Å². The topological polar surface area (TPSA) is 85.4 Å². The molecule has 25 heavy (non-hydrogen) atoms. The second kappa shape index (κ2) is 7.05. The summed E-state index contributed by atoms with van der Waals surface area (Å²) in [6, 6.07) is 5.14. The number of sulfonamides is 1. The number of aromatic nitrogens is 1. The summed E-state index contributed by atoms with van der Waals surface area (Å²) in [5.41, 5.74) is -0.0498. The highest BCUT2D eigenvalue weighted by atomic mass is 32.2. The van der Waals surface area contributed by atoms with Gasteiger partial charge in [0.05, 0.1) is 17.1 Å². The molecule has 0 bridgehead atoms. The molecule has 134 valence electrons. The third-order valence-corrected chi connectivity index (χ3v) is 5.66. The maximum atomic E-state index is 13.8. The molecule has 1 amide bonds. The third kappa shape index (κ3) is 3.96. The molecule has 2 heterocycles. The van der Waals surface area contributed by atoms with Gasteiger partial charge in [-0.1, -0.05) is 0 Å². The summed E-state index contributed by atoms with van der Waals surface area (Å²) in [7, 11) is -4.11. The van der Waals surface area contributed by atoms with E-state index in [4.69, 9.17) is 4.74 Å². The van der Waals surface area contributed by atoms with Crippen molar-refractivity contribution in [3.63, 3.8) is 0 Å². The smallest absolute Gasteiger partial charge is 0.264 e. The summed E-state index contributed by atoms with van der Waals surface area (Å²) in [5, 5.41) is 0.135. The zero-order chi connectivity index (χ0) is 18.0. The Bertz CT molecular complexity index is 901. The number of ether oxygens (including phenoxy) is 1. The van der Waals surface area contributed by atoms with Crippen molar-refractivity contribution in [2.24, 2.45) is 0 Å². The van der Waals surface area contributed by atoms with Gasteiger partial charge in [-0.2, -0.15) is 0 Å². The molecule has 1 aromatic carbocycles. The quantitative estimate of drug-likeness (QED) is 0.879. The first-order valence-corrected chi connectivity index (χ1v) is 9.59. The second-order valence-electron chi connectivity index (χ2n) is 6.16. The molecule has 1 aliphatic rings. The Hall–Kier alpha value is -2.06. The van der Waals surface area contributed by atoms with Crippen LogP contribution in [0.15, 0.2) is 35.4 Å². The number of hydrogen-bond donors (Lipinski definition) is 1. The zero-order valence-electron chi connectivity index (χ0n) is 13.7. The first kappa shape index (κ1) is 17.8. The van der Waals surface area contributed by atoms with Crippen LogP contribution >= 0.6 is 0 Å². The number of hydrogen-bond acceptors (Lipinski definition) is 5. The van der Waals surface area contributed by atoms with E-state index in [1.807, 2.05) is 11.6 Å². The highest BCUT2D eigenvalue weighted by Gasteiger charge is 2.25. The average molecular weight is 366 g/mol. The van der Waals surface area contributed by atoms with Gasteiger partial charge in [0, 0.05) is 18.0 Å². The fraction of sp³-hybridized carbons (Fsp3) is 0.412. The Kier molecular flexibility index (Phi) is 5.01. The van der Waals surface area contributed by atoms with E-state index in [1.165, 1.54) is 18.3 Å². The number of amides is 1. The van der Waals surface area contributed by atoms with Gasteiger partial charge in [0.2, 0.25) is 5.91 Å². The lowest BCUT2D eigenvalue weighted by atomic mass is 10.1. The monoisotopic (exact) mass is 366 g/mol. The van der Waals surface area contributed by atoms with E-state index in [0.29, 0.717) is 6.42 Å². The van der Waals surface area contributed by atoms with Crippen molar-refractivity contribution in [3.05, 3.63) is 36.3 Å². The number of carbonyl (C=O) groups is 1. The first-order valence-electron chi connectivity index (χ1n) is 8.11. The normalized spacial score (nSPS) is 20.7. The summed E-state index contributed by atoms with van der Waals surface area (Å²) >= 11 is 0. The predicted molar refractivity (Wildman–Crippen MR) is 89.8 cm³/mol. The molecule has 0 aliphatic carbocycles. The molecule has 3 rings (SSSR count). The molecule has 1 saturated heterocycles. The third-order valence-electron chi connectivity index (χ3n) is 4.23. The molecular formula is C17H19FN2O4S. The molecular weight excluding hydrogens is 347 g/mol. The van der Waals surface area contributed by atoms with Gasteiger partial charge in [0.1, 0.15) is 11.3 Å². The van der Waals surface area contributed by atoms with Crippen molar-refractivity contribution in [3.8, 4) is 0 Å². The summed E-state index contributed by atoms with van der Waals surface area (Å²) < 4.78 is 46.5. The van der Waals surface area contributed by atoms with Gasteiger partial charge in [-0.25, -0.2) is 17.5 Å². The van der Waals surface area contributed by atoms with Gasteiger partial charge in [-0.05, 0) is 50.5 Å². The Balaban J connectivity index is 1.74. The second-order valence-corrected chi connectivity index (χ2v) is 7.81. The molecule has 0 radical (unpaired) electrons. The predicted octanol–water partition coefficient (Wildman–Crippen LogP) is 2.53. The van der Waals surface area contributed by atoms with E-state index in [1.54, 1.807) is 0 Å². The van der Waals surface area contributed by atoms with Gasteiger partial charge in [0.15, 0.2) is 0 Å².